The van der Waals surface area contributed by atoms with Gasteiger partial charge in [-0.3, -0.25) is 4.90 Å². The highest BCUT2D eigenvalue weighted by molar-refractivity contribution is 4.87. The second-order valence-corrected chi connectivity index (χ2v) is 3.99. The summed E-state index contributed by atoms with van der Waals surface area (Å²) in [4.78, 5) is 2.68. The molecular weight excluding hydrogens is 160 g/mol. The summed E-state index contributed by atoms with van der Waals surface area (Å²) < 4.78 is 0. The quantitative estimate of drug-likeness (QED) is 0.678. The first kappa shape index (κ1) is 11.0. The van der Waals surface area contributed by atoms with E-state index in [1.165, 1.54) is 38.9 Å². The maximum absolute atomic E-state index is 3.36. The topological polar surface area (TPSA) is 15.3 Å². The molecule has 0 bridgehead atoms. The largest absolute Gasteiger partial charge is 0.314 e. The average molecular weight is 184 g/mol. The number of hydrogen-bond acceptors (Lipinski definition) is 2. The van der Waals surface area contributed by atoms with Crippen molar-refractivity contribution in [3.63, 3.8) is 0 Å². The van der Waals surface area contributed by atoms with Crippen LogP contribution >= 0.6 is 0 Å². The van der Waals surface area contributed by atoms with Crippen molar-refractivity contribution in [1.82, 2.24) is 10.2 Å². The molecule has 0 saturated carbocycles. The van der Waals surface area contributed by atoms with E-state index < -0.39 is 0 Å². The van der Waals surface area contributed by atoms with E-state index in [0.717, 1.165) is 12.1 Å². The summed E-state index contributed by atoms with van der Waals surface area (Å²) in [6.45, 7) is 10.5. The van der Waals surface area contributed by atoms with Gasteiger partial charge in [-0.2, -0.15) is 0 Å². The lowest BCUT2D eigenvalue weighted by Crippen LogP contribution is -2.59. The van der Waals surface area contributed by atoms with Gasteiger partial charge in [-0.15, -0.1) is 0 Å². The summed E-state index contributed by atoms with van der Waals surface area (Å²) >= 11 is 0. The second-order valence-electron chi connectivity index (χ2n) is 3.99. The van der Waals surface area contributed by atoms with Crippen molar-refractivity contribution >= 4 is 0 Å². The molecule has 0 aromatic carbocycles. The molecule has 0 amide bonds. The van der Waals surface area contributed by atoms with Crippen LogP contribution in [0.1, 0.15) is 40.0 Å². The minimum Gasteiger partial charge on any atom is -0.314 e. The number of rotatable bonds is 6. The first-order chi connectivity index (χ1) is 6.33. The molecule has 1 atom stereocenters. The second kappa shape index (κ2) is 5.61. The fourth-order valence-electron chi connectivity index (χ4n) is 2.26. The molecule has 2 nitrogen and oxygen atoms in total. The lowest BCUT2D eigenvalue weighted by Gasteiger charge is -2.42. The van der Waals surface area contributed by atoms with E-state index in [-0.39, 0.29) is 0 Å². The van der Waals surface area contributed by atoms with Gasteiger partial charge in [0.25, 0.3) is 0 Å². The van der Waals surface area contributed by atoms with Crippen LogP contribution in [-0.4, -0.2) is 36.6 Å². The van der Waals surface area contributed by atoms with Crippen molar-refractivity contribution in [3.05, 3.63) is 0 Å². The van der Waals surface area contributed by atoms with Crippen LogP contribution in [0.4, 0.5) is 0 Å². The van der Waals surface area contributed by atoms with Crippen molar-refractivity contribution in [3.8, 4) is 0 Å². The molecule has 0 aliphatic carbocycles. The molecule has 0 radical (unpaired) electrons. The molecule has 0 spiro atoms. The Bertz CT molecular complexity index is 132. The van der Waals surface area contributed by atoms with Crippen molar-refractivity contribution in [1.29, 1.82) is 0 Å². The summed E-state index contributed by atoms with van der Waals surface area (Å²) in [7, 11) is 0. The molecule has 0 aromatic rings. The summed E-state index contributed by atoms with van der Waals surface area (Å²) in [5, 5.41) is 3.36. The third-order valence-corrected chi connectivity index (χ3v) is 3.16. The van der Waals surface area contributed by atoms with Crippen LogP contribution in [0.15, 0.2) is 0 Å². The van der Waals surface area contributed by atoms with E-state index in [4.69, 9.17) is 0 Å². The maximum atomic E-state index is 3.36. The Morgan fingerprint density at radius 2 is 2.00 bits per heavy atom. The highest BCUT2D eigenvalue weighted by Crippen LogP contribution is 2.16. The minimum atomic E-state index is 0.821. The third kappa shape index (κ3) is 2.68. The molecular formula is C11H24N2. The fourth-order valence-corrected chi connectivity index (χ4v) is 2.26. The third-order valence-electron chi connectivity index (χ3n) is 3.16. The van der Waals surface area contributed by atoms with E-state index in [2.05, 4.69) is 31.0 Å². The average Bonchev–Trinajstić information content (AvgIpc) is 2.07. The SMILES string of the molecule is CCCC(CC)N(CC)C1CNC1. The van der Waals surface area contributed by atoms with Crippen molar-refractivity contribution in [2.45, 2.75) is 52.1 Å². The van der Waals surface area contributed by atoms with Gasteiger partial charge < -0.3 is 5.32 Å². The summed E-state index contributed by atoms with van der Waals surface area (Å²) in [5.74, 6) is 0. The monoisotopic (exact) mass is 184 g/mol. The van der Waals surface area contributed by atoms with Gasteiger partial charge in [0.1, 0.15) is 0 Å². The molecule has 1 fully saturated rings. The first-order valence-corrected chi connectivity index (χ1v) is 5.79. The van der Waals surface area contributed by atoms with Crippen molar-refractivity contribution in [2.24, 2.45) is 0 Å². The Morgan fingerprint density at radius 1 is 1.31 bits per heavy atom. The Morgan fingerprint density at radius 3 is 2.31 bits per heavy atom. The van der Waals surface area contributed by atoms with Gasteiger partial charge in [0.15, 0.2) is 0 Å². The number of nitrogens with one attached hydrogen (secondary N) is 1. The van der Waals surface area contributed by atoms with Crippen LogP contribution in [0, 0.1) is 0 Å². The Balaban J connectivity index is 2.40. The molecule has 78 valence electrons. The Labute approximate surface area is 82.7 Å². The maximum Gasteiger partial charge on any atom is 0.0348 e. The van der Waals surface area contributed by atoms with E-state index in [1.54, 1.807) is 0 Å². The van der Waals surface area contributed by atoms with Crippen LogP contribution in [0.2, 0.25) is 0 Å². The molecule has 1 aliphatic heterocycles. The zero-order valence-electron chi connectivity index (χ0n) is 9.34. The molecule has 1 aliphatic rings. The molecule has 1 rings (SSSR count). The van der Waals surface area contributed by atoms with E-state index in [1.807, 2.05) is 0 Å². The van der Waals surface area contributed by atoms with Gasteiger partial charge >= 0.3 is 0 Å². The predicted molar refractivity (Wildman–Crippen MR) is 58.0 cm³/mol. The smallest absolute Gasteiger partial charge is 0.0348 e. The number of nitrogens with zero attached hydrogens (tertiary/aromatic N) is 1. The standard InChI is InChI=1S/C11H24N2/c1-4-7-10(5-2)13(6-3)11-8-12-9-11/h10-12H,4-9H2,1-3H3. The van der Waals surface area contributed by atoms with Crippen LogP contribution in [0.25, 0.3) is 0 Å². The Hall–Kier alpha value is -0.0800. The van der Waals surface area contributed by atoms with Gasteiger partial charge in [0.2, 0.25) is 0 Å². The fraction of sp³-hybridized carbons (Fsp3) is 1.00. The van der Waals surface area contributed by atoms with E-state index in [9.17, 15) is 0 Å². The molecule has 2 heteroatoms. The molecule has 1 saturated heterocycles. The highest BCUT2D eigenvalue weighted by Gasteiger charge is 2.27. The van der Waals surface area contributed by atoms with Gasteiger partial charge in [0.05, 0.1) is 0 Å². The van der Waals surface area contributed by atoms with Crippen LogP contribution in [-0.2, 0) is 0 Å². The van der Waals surface area contributed by atoms with Crippen LogP contribution in [0.3, 0.4) is 0 Å². The summed E-state index contributed by atoms with van der Waals surface area (Å²) in [6, 6.07) is 1.64. The predicted octanol–water partition coefficient (Wildman–Crippen LogP) is 1.86. The molecule has 1 N–H and O–H groups in total. The molecule has 1 heterocycles. The molecule has 0 aromatic heterocycles. The summed E-state index contributed by atoms with van der Waals surface area (Å²) in [6.07, 6.45) is 3.98. The lowest BCUT2D eigenvalue weighted by atomic mass is 10.0. The van der Waals surface area contributed by atoms with Gasteiger partial charge in [0, 0.05) is 25.2 Å². The number of hydrogen-bond donors (Lipinski definition) is 1. The Kier molecular flexibility index (Phi) is 4.74. The van der Waals surface area contributed by atoms with E-state index >= 15 is 0 Å². The van der Waals surface area contributed by atoms with Gasteiger partial charge in [-0.25, -0.2) is 0 Å². The van der Waals surface area contributed by atoms with E-state index in [0.29, 0.717) is 0 Å². The highest BCUT2D eigenvalue weighted by atomic mass is 15.2. The minimum absolute atomic E-state index is 0.821. The van der Waals surface area contributed by atoms with Crippen LogP contribution in [0.5, 0.6) is 0 Å². The molecule has 1 unspecified atom stereocenters. The van der Waals surface area contributed by atoms with Gasteiger partial charge in [-0.05, 0) is 19.4 Å². The summed E-state index contributed by atoms with van der Waals surface area (Å²) in [5.41, 5.74) is 0. The van der Waals surface area contributed by atoms with Crippen molar-refractivity contribution < 1.29 is 0 Å². The zero-order chi connectivity index (χ0) is 9.68. The molecule has 13 heavy (non-hydrogen) atoms. The zero-order valence-corrected chi connectivity index (χ0v) is 9.34. The van der Waals surface area contributed by atoms with Gasteiger partial charge in [-0.1, -0.05) is 27.2 Å². The van der Waals surface area contributed by atoms with Crippen molar-refractivity contribution in [2.75, 3.05) is 19.6 Å². The normalized spacial score (nSPS) is 20.3. The first-order valence-electron chi connectivity index (χ1n) is 5.79. The number of likely N-dealkylation sites (N-methyl/N-ethyl adjacent to an activating group) is 1. The van der Waals surface area contributed by atoms with Crippen LogP contribution < -0.4 is 5.32 Å². The lowest BCUT2D eigenvalue weighted by molar-refractivity contribution is 0.0928.